The number of aromatic nitrogens is 4. The maximum Gasteiger partial charge on any atom is 0.201 e. The number of benzene rings is 2. The number of nitrogens with two attached hydrogens (primary N) is 1. The minimum absolute atomic E-state index is 0.0610. The summed E-state index contributed by atoms with van der Waals surface area (Å²) in [6.07, 6.45) is 3.61. The van der Waals surface area contributed by atoms with Crippen molar-refractivity contribution in [3.63, 3.8) is 0 Å². The Kier molecular flexibility index (Phi) is 5.77. The zero-order valence-electron chi connectivity index (χ0n) is 18.5. The van der Waals surface area contributed by atoms with Crippen molar-refractivity contribution in [1.29, 1.82) is 0 Å². The van der Waals surface area contributed by atoms with Crippen molar-refractivity contribution < 1.29 is 17.8 Å². The number of hydrogen-bond acceptors (Lipinski definition) is 5. The van der Waals surface area contributed by atoms with E-state index in [-0.39, 0.29) is 17.0 Å². The third-order valence-corrected chi connectivity index (χ3v) is 6.77. The van der Waals surface area contributed by atoms with E-state index in [9.17, 15) is 13.4 Å². The average molecular weight is 495 g/mol. The van der Waals surface area contributed by atoms with Gasteiger partial charge in [-0.3, -0.25) is 4.79 Å². The van der Waals surface area contributed by atoms with Crippen LogP contribution in [0, 0.1) is 11.6 Å². The molecule has 0 radical (unpaired) electrons. The van der Waals surface area contributed by atoms with E-state index in [1.807, 2.05) is 19.1 Å². The Morgan fingerprint density at radius 3 is 2.80 bits per heavy atom. The van der Waals surface area contributed by atoms with Gasteiger partial charge in [0.25, 0.3) is 0 Å². The van der Waals surface area contributed by atoms with Gasteiger partial charge < -0.3 is 20.4 Å². The lowest BCUT2D eigenvalue weighted by atomic mass is 9.99. The van der Waals surface area contributed by atoms with Crippen molar-refractivity contribution in [3.8, 4) is 11.1 Å². The van der Waals surface area contributed by atoms with Crippen molar-refractivity contribution in [2.24, 2.45) is 0 Å². The molecule has 5 rings (SSSR count). The molecule has 178 valence electrons. The highest BCUT2D eigenvalue weighted by Gasteiger charge is 2.25. The third-order valence-electron chi connectivity index (χ3n) is 5.54. The largest absolute Gasteiger partial charge is 0.369 e. The van der Waals surface area contributed by atoms with Crippen LogP contribution in [-0.2, 0) is 11.0 Å². The van der Waals surface area contributed by atoms with E-state index in [4.69, 9.17) is 5.73 Å². The van der Waals surface area contributed by atoms with Crippen LogP contribution in [0.4, 0.5) is 20.4 Å². The molecule has 3 heterocycles. The minimum atomic E-state index is -1.56. The van der Waals surface area contributed by atoms with Crippen molar-refractivity contribution >= 4 is 50.5 Å². The van der Waals surface area contributed by atoms with Crippen LogP contribution in [0.2, 0.25) is 0 Å². The van der Waals surface area contributed by atoms with Gasteiger partial charge in [0.05, 0.1) is 22.3 Å². The first-order valence-electron chi connectivity index (χ1n) is 10.8. The van der Waals surface area contributed by atoms with E-state index >= 15 is 4.39 Å². The number of H-pyrrole nitrogens is 2. The second kappa shape index (κ2) is 8.91. The van der Waals surface area contributed by atoms with E-state index < -0.39 is 34.0 Å². The number of carbonyl (C=O) groups is 1. The Hall–Kier alpha value is -4.12. The number of imidazole rings is 1. The number of halogens is 2. The molecule has 0 saturated heterocycles. The lowest BCUT2D eigenvalue weighted by Gasteiger charge is -2.10. The first kappa shape index (κ1) is 22.7. The van der Waals surface area contributed by atoms with Gasteiger partial charge in [0.15, 0.2) is 11.8 Å². The molecule has 0 saturated carbocycles. The molecule has 5 N–H and O–H groups in total. The predicted molar refractivity (Wildman–Crippen MR) is 132 cm³/mol. The van der Waals surface area contributed by atoms with Crippen molar-refractivity contribution in [3.05, 3.63) is 71.6 Å². The summed E-state index contributed by atoms with van der Waals surface area (Å²) >= 11 is 0. The number of nitrogens with one attached hydrogen (secondary N) is 3. The van der Waals surface area contributed by atoms with E-state index in [2.05, 4.69) is 24.7 Å². The van der Waals surface area contributed by atoms with Crippen LogP contribution in [0.3, 0.4) is 0 Å². The monoisotopic (exact) mass is 494 g/mol. The van der Waals surface area contributed by atoms with Gasteiger partial charge in [0.1, 0.15) is 22.5 Å². The minimum Gasteiger partial charge on any atom is -0.369 e. The van der Waals surface area contributed by atoms with Gasteiger partial charge in [-0.15, -0.1) is 0 Å². The number of nitrogens with zero attached hydrogens (tertiary/aromatic N) is 2. The Morgan fingerprint density at radius 2 is 2.00 bits per heavy atom. The number of carbonyl (C=O) groups excluding carboxylic acids is 1. The molecule has 0 spiro atoms. The highest BCUT2D eigenvalue weighted by molar-refractivity contribution is 7.86. The smallest absolute Gasteiger partial charge is 0.201 e. The van der Waals surface area contributed by atoms with Crippen LogP contribution < -0.4 is 10.5 Å². The zero-order valence-corrected chi connectivity index (χ0v) is 19.3. The Bertz CT molecular complexity index is 1630. The Balaban J connectivity index is 1.56. The van der Waals surface area contributed by atoms with Gasteiger partial charge in [-0.2, -0.15) is 0 Å². The van der Waals surface area contributed by atoms with Gasteiger partial charge in [0.2, 0.25) is 5.78 Å². The van der Waals surface area contributed by atoms with Crippen molar-refractivity contribution in [2.75, 3.05) is 16.2 Å². The summed E-state index contributed by atoms with van der Waals surface area (Å²) in [5, 5.41) is 0.406. The lowest BCUT2D eigenvalue weighted by Crippen LogP contribution is -2.13. The topological polar surface area (TPSA) is 130 Å². The lowest BCUT2D eigenvalue weighted by molar-refractivity contribution is 0.103. The standard InChI is InChI=1S/C24H20F2N6O2S/c1-2-7-35(34)32-18-6-4-16(25)20(21(18)26)22(33)15-11-29-23-14(15)8-13(10-28-23)12-3-5-17-19(9-12)31-24(27)30-17/h3-6,8-11,32H,2,7H2,1H3,(H,28,29)(H3,27,30,31). The zero-order chi connectivity index (χ0) is 24.7. The average Bonchev–Trinajstić information content (AvgIpc) is 3.42. The summed E-state index contributed by atoms with van der Waals surface area (Å²) in [5.41, 5.74) is 8.16. The molecule has 0 bridgehead atoms. The molecule has 11 heteroatoms. The van der Waals surface area contributed by atoms with E-state index in [1.165, 1.54) is 6.20 Å². The Morgan fingerprint density at radius 1 is 1.17 bits per heavy atom. The molecular weight excluding hydrogens is 474 g/mol. The van der Waals surface area contributed by atoms with E-state index in [0.29, 0.717) is 34.5 Å². The molecule has 0 amide bonds. The van der Waals surface area contributed by atoms with E-state index in [0.717, 1.165) is 23.2 Å². The highest BCUT2D eigenvalue weighted by Crippen LogP contribution is 2.30. The fourth-order valence-corrected chi connectivity index (χ4v) is 4.77. The SMILES string of the molecule is CCCS(=O)Nc1ccc(F)c(C(=O)c2c[nH]c3ncc(-c4ccc5nc(N)[nH]c5c4)cc23)c1F. The molecule has 0 aliphatic heterocycles. The molecule has 0 aliphatic carbocycles. The van der Waals surface area contributed by atoms with Crippen LogP contribution >= 0.6 is 0 Å². The molecule has 1 atom stereocenters. The predicted octanol–water partition coefficient (Wildman–Crippen LogP) is 4.68. The number of ketones is 1. The van der Waals surface area contributed by atoms with Gasteiger partial charge in [-0.1, -0.05) is 13.0 Å². The van der Waals surface area contributed by atoms with Crippen LogP contribution in [0.25, 0.3) is 33.2 Å². The maximum atomic E-state index is 15.2. The summed E-state index contributed by atoms with van der Waals surface area (Å²) in [6, 6.07) is 9.32. The number of rotatable bonds is 7. The molecule has 1 unspecified atom stereocenters. The first-order chi connectivity index (χ1) is 16.9. The maximum absolute atomic E-state index is 15.2. The fourth-order valence-electron chi connectivity index (χ4n) is 3.89. The number of fused-ring (bicyclic) bond motifs is 2. The van der Waals surface area contributed by atoms with Crippen LogP contribution in [0.5, 0.6) is 0 Å². The molecule has 8 nitrogen and oxygen atoms in total. The molecule has 0 fully saturated rings. The summed E-state index contributed by atoms with van der Waals surface area (Å²) in [7, 11) is -1.56. The molecule has 35 heavy (non-hydrogen) atoms. The second-order valence-corrected chi connectivity index (χ2v) is 9.24. The van der Waals surface area contributed by atoms with Gasteiger partial charge in [-0.25, -0.2) is 23.0 Å². The summed E-state index contributed by atoms with van der Waals surface area (Å²) in [6.45, 7) is 1.83. The van der Waals surface area contributed by atoms with Crippen LogP contribution in [-0.4, -0.2) is 35.7 Å². The van der Waals surface area contributed by atoms with Crippen molar-refractivity contribution in [1.82, 2.24) is 19.9 Å². The number of anilines is 2. The molecule has 2 aromatic carbocycles. The van der Waals surface area contributed by atoms with Gasteiger partial charge >= 0.3 is 0 Å². The highest BCUT2D eigenvalue weighted by atomic mass is 32.2. The third kappa shape index (κ3) is 4.14. The van der Waals surface area contributed by atoms with Crippen LogP contribution in [0.15, 0.2) is 48.8 Å². The van der Waals surface area contributed by atoms with Crippen LogP contribution in [0.1, 0.15) is 29.3 Å². The quantitative estimate of drug-likeness (QED) is 0.244. The summed E-state index contributed by atoms with van der Waals surface area (Å²) in [4.78, 5) is 27.7. The van der Waals surface area contributed by atoms with Crippen molar-refractivity contribution in [2.45, 2.75) is 13.3 Å². The van der Waals surface area contributed by atoms with Gasteiger partial charge in [0, 0.05) is 34.7 Å². The summed E-state index contributed by atoms with van der Waals surface area (Å²) in [5.74, 6) is -2.38. The van der Waals surface area contributed by atoms with E-state index in [1.54, 1.807) is 18.3 Å². The second-order valence-electron chi connectivity index (χ2n) is 7.94. The number of hydrogen-bond donors (Lipinski definition) is 4. The normalized spacial score (nSPS) is 12.3. The fraction of sp³-hybridized carbons (Fsp3) is 0.125. The number of nitrogen functional groups attached to an aromatic ring is 1. The molecular formula is C24H20F2N6O2S. The molecule has 3 aromatic heterocycles. The number of aromatic amines is 2. The Labute approximate surface area is 200 Å². The molecule has 0 aliphatic rings. The first-order valence-corrected chi connectivity index (χ1v) is 12.1. The van der Waals surface area contributed by atoms with Gasteiger partial charge in [-0.05, 0) is 42.3 Å². The summed E-state index contributed by atoms with van der Waals surface area (Å²) < 4.78 is 44.3. The number of pyridine rings is 1. The molecule has 5 aromatic rings.